The van der Waals surface area contributed by atoms with E-state index >= 15 is 0 Å². The molecule has 0 radical (unpaired) electrons. The first-order valence-corrected chi connectivity index (χ1v) is 8.91. The van der Waals surface area contributed by atoms with Gasteiger partial charge in [0.2, 0.25) is 0 Å². The van der Waals surface area contributed by atoms with Crippen LogP contribution in [0.1, 0.15) is 33.6 Å². The summed E-state index contributed by atoms with van der Waals surface area (Å²) in [5.41, 5.74) is 0.417. The molecular formula is C18H25N5O2. The molecule has 3 heterocycles. The fraction of sp³-hybridized carbons (Fsp3) is 0.611. The third kappa shape index (κ3) is 3.27. The Morgan fingerprint density at radius 2 is 2.00 bits per heavy atom. The van der Waals surface area contributed by atoms with E-state index in [1.807, 2.05) is 37.9 Å². The van der Waals surface area contributed by atoms with Crippen LogP contribution in [-0.4, -0.2) is 50.7 Å². The molecule has 1 aliphatic heterocycles. The van der Waals surface area contributed by atoms with E-state index in [2.05, 4.69) is 20.3 Å². The number of aromatic nitrogens is 3. The highest BCUT2D eigenvalue weighted by Crippen LogP contribution is 2.40. The Morgan fingerprint density at radius 1 is 1.28 bits per heavy atom. The van der Waals surface area contributed by atoms with Crippen molar-refractivity contribution in [3.05, 3.63) is 18.6 Å². The average Bonchev–Trinajstić information content (AvgIpc) is 3.18. The topological polar surface area (TPSA) is 83.1 Å². The molecule has 3 atom stereocenters. The molecule has 0 bridgehead atoms. The van der Waals surface area contributed by atoms with Gasteiger partial charge in [-0.25, -0.2) is 14.8 Å². The summed E-state index contributed by atoms with van der Waals surface area (Å²) in [6, 6.07) is 2.39. The molecule has 2 N–H and O–H groups in total. The number of ether oxygens (including phenoxy) is 1. The van der Waals surface area contributed by atoms with Crippen LogP contribution < -0.4 is 5.32 Å². The second-order valence-corrected chi connectivity index (χ2v) is 8.18. The van der Waals surface area contributed by atoms with Gasteiger partial charge in [0.15, 0.2) is 0 Å². The standard InChI is InChI=1S/C18H25N5O2/c1-18(2,3)25-17(24)23-8-11-6-13(7-12(11)9-23)22-16-14-4-5-19-15(14)20-10-21-16/h4-5,10-13H,6-9H2,1-3H3,(H2,19,20,21,22)/t11-,12?,13+/m1/s1. The predicted octanol–water partition coefficient (Wildman–Crippen LogP) is 3.02. The fourth-order valence-electron chi connectivity index (χ4n) is 4.07. The van der Waals surface area contributed by atoms with Crippen LogP contribution >= 0.6 is 0 Å². The van der Waals surface area contributed by atoms with Gasteiger partial charge >= 0.3 is 6.09 Å². The van der Waals surface area contributed by atoms with E-state index in [9.17, 15) is 4.79 Å². The van der Waals surface area contributed by atoms with E-state index in [1.165, 1.54) is 0 Å². The minimum atomic E-state index is -0.437. The highest BCUT2D eigenvalue weighted by molar-refractivity contribution is 5.86. The Bertz CT molecular complexity index is 767. The highest BCUT2D eigenvalue weighted by atomic mass is 16.6. The monoisotopic (exact) mass is 343 g/mol. The van der Waals surface area contributed by atoms with E-state index in [4.69, 9.17) is 4.74 Å². The maximum atomic E-state index is 12.2. The van der Waals surface area contributed by atoms with Gasteiger partial charge < -0.3 is 19.9 Å². The first-order valence-electron chi connectivity index (χ1n) is 8.91. The molecule has 134 valence electrons. The van der Waals surface area contributed by atoms with Crippen LogP contribution in [0.2, 0.25) is 0 Å². The Kier molecular flexibility index (Phi) is 3.81. The summed E-state index contributed by atoms with van der Waals surface area (Å²) in [6.07, 6.45) is 5.39. The zero-order chi connectivity index (χ0) is 17.6. The Labute approximate surface area is 147 Å². The number of anilines is 1. The van der Waals surface area contributed by atoms with Crippen molar-refractivity contribution in [2.45, 2.75) is 45.3 Å². The summed E-state index contributed by atoms with van der Waals surface area (Å²) in [4.78, 5) is 25.8. The predicted molar refractivity (Wildman–Crippen MR) is 95.3 cm³/mol. The van der Waals surface area contributed by atoms with Crippen LogP contribution in [0.15, 0.2) is 18.6 Å². The van der Waals surface area contributed by atoms with Gasteiger partial charge in [-0.3, -0.25) is 0 Å². The number of amides is 1. The van der Waals surface area contributed by atoms with E-state index < -0.39 is 5.60 Å². The molecule has 2 aliphatic rings. The molecule has 7 nitrogen and oxygen atoms in total. The second-order valence-electron chi connectivity index (χ2n) is 8.18. The molecule has 1 aliphatic carbocycles. The van der Waals surface area contributed by atoms with Gasteiger partial charge in [0.25, 0.3) is 0 Å². The number of hydrogen-bond acceptors (Lipinski definition) is 5. The lowest BCUT2D eigenvalue weighted by Crippen LogP contribution is -2.36. The van der Waals surface area contributed by atoms with E-state index in [0.717, 1.165) is 42.8 Å². The lowest BCUT2D eigenvalue weighted by atomic mass is 10.0. The van der Waals surface area contributed by atoms with Crippen LogP contribution in [0.4, 0.5) is 10.6 Å². The summed E-state index contributed by atoms with van der Waals surface area (Å²) in [7, 11) is 0. The number of hydrogen-bond donors (Lipinski definition) is 2. The van der Waals surface area contributed by atoms with Gasteiger partial charge in [-0.2, -0.15) is 0 Å². The molecule has 25 heavy (non-hydrogen) atoms. The van der Waals surface area contributed by atoms with Crippen LogP contribution in [0.25, 0.3) is 11.0 Å². The number of nitrogens with one attached hydrogen (secondary N) is 2. The molecule has 1 saturated heterocycles. The first-order chi connectivity index (χ1) is 11.9. The molecule has 4 rings (SSSR count). The third-order valence-electron chi connectivity index (χ3n) is 5.10. The molecule has 2 aromatic rings. The normalized spacial score (nSPS) is 26.0. The molecule has 2 aromatic heterocycles. The van der Waals surface area contributed by atoms with E-state index in [-0.39, 0.29) is 6.09 Å². The van der Waals surface area contributed by atoms with E-state index in [1.54, 1.807) is 6.33 Å². The molecule has 7 heteroatoms. The van der Waals surface area contributed by atoms with Crippen molar-refractivity contribution >= 4 is 22.9 Å². The number of H-pyrrole nitrogens is 1. The van der Waals surface area contributed by atoms with Gasteiger partial charge in [0.05, 0.1) is 5.39 Å². The molecule has 1 unspecified atom stereocenters. The number of carbonyl (C=O) groups excluding carboxylic acids is 1. The maximum absolute atomic E-state index is 12.2. The van der Waals surface area contributed by atoms with Gasteiger partial charge in [0, 0.05) is 25.3 Å². The van der Waals surface area contributed by atoms with Crippen molar-refractivity contribution in [3.8, 4) is 0 Å². The molecule has 2 fully saturated rings. The molecular weight excluding hydrogens is 318 g/mol. The van der Waals surface area contributed by atoms with Crippen LogP contribution in [0.5, 0.6) is 0 Å². The smallest absolute Gasteiger partial charge is 0.410 e. The van der Waals surface area contributed by atoms with Gasteiger partial charge in [-0.15, -0.1) is 0 Å². The van der Waals surface area contributed by atoms with Crippen molar-refractivity contribution in [1.82, 2.24) is 19.9 Å². The van der Waals surface area contributed by atoms with Crippen molar-refractivity contribution in [2.75, 3.05) is 18.4 Å². The van der Waals surface area contributed by atoms with Crippen molar-refractivity contribution in [3.63, 3.8) is 0 Å². The largest absolute Gasteiger partial charge is 0.444 e. The molecule has 1 saturated carbocycles. The van der Waals surface area contributed by atoms with Gasteiger partial charge in [0.1, 0.15) is 23.4 Å². The number of nitrogens with zero attached hydrogens (tertiary/aromatic N) is 3. The number of likely N-dealkylation sites (tertiary alicyclic amines) is 1. The summed E-state index contributed by atoms with van der Waals surface area (Å²) >= 11 is 0. The van der Waals surface area contributed by atoms with Crippen LogP contribution in [0.3, 0.4) is 0 Å². The number of rotatable bonds is 2. The summed E-state index contributed by atoms with van der Waals surface area (Å²) in [6.45, 7) is 7.31. The highest BCUT2D eigenvalue weighted by Gasteiger charge is 2.43. The first kappa shape index (κ1) is 16.2. The average molecular weight is 343 g/mol. The van der Waals surface area contributed by atoms with Gasteiger partial charge in [-0.1, -0.05) is 0 Å². The lowest BCUT2D eigenvalue weighted by Gasteiger charge is -2.25. The Hall–Kier alpha value is -2.31. The number of aromatic amines is 1. The molecule has 0 aromatic carbocycles. The third-order valence-corrected chi connectivity index (χ3v) is 5.10. The SMILES string of the molecule is CC(C)(C)OC(=O)N1CC2C[C@@H](Nc3ncnc4[nH]ccc34)C[C@@H]2C1. The quantitative estimate of drug-likeness (QED) is 0.876. The van der Waals surface area contributed by atoms with Crippen molar-refractivity contribution < 1.29 is 9.53 Å². The summed E-state index contributed by atoms with van der Waals surface area (Å²) < 4.78 is 5.50. The van der Waals surface area contributed by atoms with Crippen LogP contribution in [-0.2, 0) is 4.74 Å². The molecule has 0 spiro atoms. The number of fused-ring (bicyclic) bond motifs is 2. The fourth-order valence-corrected chi connectivity index (χ4v) is 4.07. The minimum absolute atomic E-state index is 0.184. The Balaban J connectivity index is 1.37. The maximum Gasteiger partial charge on any atom is 0.410 e. The minimum Gasteiger partial charge on any atom is -0.444 e. The zero-order valence-electron chi connectivity index (χ0n) is 15.0. The van der Waals surface area contributed by atoms with Crippen molar-refractivity contribution in [2.24, 2.45) is 11.8 Å². The lowest BCUT2D eigenvalue weighted by molar-refractivity contribution is 0.0280. The second kappa shape index (κ2) is 5.89. The van der Waals surface area contributed by atoms with Crippen molar-refractivity contribution in [1.29, 1.82) is 0 Å². The molecule has 1 amide bonds. The van der Waals surface area contributed by atoms with Crippen LogP contribution in [0, 0.1) is 11.8 Å². The summed E-state index contributed by atoms with van der Waals surface area (Å²) in [5, 5.41) is 4.60. The zero-order valence-corrected chi connectivity index (χ0v) is 15.0. The summed E-state index contributed by atoms with van der Waals surface area (Å²) in [5.74, 6) is 1.96. The van der Waals surface area contributed by atoms with E-state index in [0.29, 0.717) is 17.9 Å². The van der Waals surface area contributed by atoms with Gasteiger partial charge in [-0.05, 0) is 51.5 Å². The Morgan fingerprint density at radius 3 is 2.68 bits per heavy atom. The number of carbonyl (C=O) groups is 1.